The molecule has 2 saturated carbocycles. The molecule has 2 aliphatic carbocycles. The molecule has 4 amide bonds. The summed E-state index contributed by atoms with van der Waals surface area (Å²) in [6.07, 6.45) is 10.6. The van der Waals surface area contributed by atoms with Crippen LogP contribution in [-0.2, 0) is 33.6 Å². The standard InChI is InChI=1S/C28H46N4O8S/c1-6-7-8-9-10-11-13-20-18-28(20,24(35)31-41(37,38)40-27(5)15-16-27)30-23(34)21-14-12-17-32(21)22(33)19-29-25(36)39-26(2,3)4/h11,13,20-21H,6-10,12,14-19H2,1-5H3,(H,29,36)(H,30,34)(H,31,35)/b13-11-/t20-,21+,28-/m1/s1. The highest BCUT2D eigenvalue weighted by Crippen LogP contribution is 2.46. The smallest absolute Gasteiger partial charge is 0.408 e. The summed E-state index contributed by atoms with van der Waals surface area (Å²) in [5, 5.41) is 5.19. The second-order valence-electron chi connectivity index (χ2n) is 12.6. The molecule has 1 saturated heterocycles. The van der Waals surface area contributed by atoms with Gasteiger partial charge in [-0.05, 0) is 72.6 Å². The van der Waals surface area contributed by atoms with Gasteiger partial charge in [-0.3, -0.25) is 14.4 Å². The number of alkyl carbamates (subject to hydrolysis) is 1. The molecular formula is C28H46N4O8S. The molecule has 0 aromatic carbocycles. The lowest BCUT2D eigenvalue weighted by Crippen LogP contribution is -2.57. The van der Waals surface area contributed by atoms with Gasteiger partial charge in [-0.1, -0.05) is 38.3 Å². The van der Waals surface area contributed by atoms with Crippen molar-refractivity contribution in [1.29, 1.82) is 0 Å². The van der Waals surface area contributed by atoms with Gasteiger partial charge in [0.25, 0.3) is 5.91 Å². The Hall–Kier alpha value is -2.67. The predicted molar refractivity (Wildman–Crippen MR) is 152 cm³/mol. The van der Waals surface area contributed by atoms with Gasteiger partial charge < -0.3 is 20.3 Å². The summed E-state index contributed by atoms with van der Waals surface area (Å²) >= 11 is 0. The number of nitrogens with one attached hydrogen (secondary N) is 3. The molecule has 0 unspecified atom stereocenters. The molecule has 12 nitrogen and oxygen atoms in total. The van der Waals surface area contributed by atoms with Crippen LogP contribution >= 0.6 is 0 Å². The fourth-order valence-corrected chi connectivity index (χ4v) is 6.03. The summed E-state index contributed by atoms with van der Waals surface area (Å²) in [7, 11) is -4.38. The number of rotatable bonds is 14. The first-order valence-corrected chi connectivity index (χ1v) is 16.0. The van der Waals surface area contributed by atoms with Crippen molar-refractivity contribution in [2.75, 3.05) is 13.1 Å². The van der Waals surface area contributed by atoms with Crippen molar-refractivity contribution in [3.05, 3.63) is 12.2 Å². The van der Waals surface area contributed by atoms with Crippen molar-refractivity contribution in [2.45, 2.75) is 122 Å². The molecule has 0 radical (unpaired) electrons. The van der Waals surface area contributed by atoms with E-state index in [9.17, 15) is 27.6 Å². The van der Waals surface area contributed by atoms with Gasteiger partial charge in [0.1, 0.15) is 23.7 Å². The Morgan fingerprint density at radius 1 is 1.10 bits per heavy atom. The molecule has 3 rings (SSSR count). The van der Waals surface area contributed by atoms with E-state index >= 15 is 0 Å². The number of unbranched alkanes of at least 4 members (excludes halogenated alkanes) is 4. The zero-order valence-corrected chi connectivity index (χ0v) is 25.7. The number of amides is 4. The van der Waals surface area contributed by atoms with Crippen LogP contribution in [0.3, 0.4) is 0 Å². The third kappa shape index (κ3) is 9.69. The Balaban J connectivity index is 1.66. The van der Waals surface area contributed by atoms with Gasteiger partial charge in [0.05, 0.1) is 5.60 Å². The second-order valence-corrected chi connectivity index (χ2v) is 13.8. The number of hydrogen-bond donors (Lipinski definition) is 3. The number of likely N-dealkylation sites (tertiary alicyclic amines) is 1. The van der Waals surface area contributed by atoms with E-state index in [1.54, 1.807) is 27.7 Å². The number of hydrogen-bond acceptors (Lipinski definition) is 8. The van der Waals surface area contributed by atoms with Crippen LogP contribution in [0.15, 0.2) is 12.2 Å². The molecule has 1 aliphatic heterocycles. The molecule has 3 fully saturated rings. The normalized spacial score (nSPS) is 25.0. The highest BCUT2D eigenvalue weighted by atomic mass is 32.2. The van der Waals surface area contributed by atoms with Crippen molar-refractivity contribution in [3.63, 3.8) is 0 Å². The number of nitrogens with zero attached hydrogens (tertiary/aromatic N) is 1. The van der Waals surface area contributed by atoms with E-state index in [2.05, 4.69) is 17.6 Å². The Morgan fingerprint density at radius 2 is 1.80 bits per heavy atom. The lowest BCUT2D eigenvalue weighted by Gasteiger charge is -2.27. The van der Waals surface area contributed by atoms with E-state index in [0.717, 1.165) is 32.1 Å². The highest BCUT2D eigenvalue weighted by Gasteiger charge is 2.61. The fraction of sp³-hybridized carbons (Fsp3) is 0.786. The Morgan fingerprint density at radius 3 is 2.44 bits per heavy atom. The maximum atomic E-state index is 13.4. The van der Waals surface area contributed by atoms with Gasteiger partial charge in [-0.2, -0.15) is 8.42 Å². The number of carbonyl (C=O) groups is 4. The fourth-order valence-electron chi connectivity index (χ4n) is 4.89. The van der Waals surface area contributed by atoms with Crippen LogP contribution in [0.5, 0.6) is 0 Å². The van der Waals surface area contributed by atoms with Gasteiger partial charge >= 0.3 is 16.4 Å². The monoisotopic (exact) mass is 598 g/mol. The van der Waals surface area contributed by atoms with E-state index in [0.29, 0.717) is 32.2 Å². The SMILES string of the molecule is CCCCCC/C=C\[C@@H]1C[C@]1(NC(=O)[C@@H]1CCCN1C(=O)CNC(=O)OC(C)(C)C)C(=O)NS(=O)(=O)OC1(C)CC1. The minimum absolute atomic E-state index is 0.226. The van der Waals surface area contributed by atoms with Gasteiger partial charge in [0, 0.05) is 12.5 Å². The van der Waals surface area contributed by atoms with E-state index in [-0.39, 0.29) is 13.0 Å². The van der Waals surface area contributed by atoms with E-state index < -0.39 is 62.8 Å². The lowest BCUT2D eigenvalue weighted by molar-refractivity contribution is -0.139. The summed E-state index contributed by atoms with van der Waals surface area (Å²) in [6, 6.07) is -0.856. The molecule has 0 spiro atoms. The molecule has 41 heavy (non-hydrogen) atoms. The molecule has 3 atom stereocenters. The first-order chi connectivity index (χ1) is 19.1. The third-order valence-corrected chi connectivity index (χ3v) is 8.56. The van der Waals surface area contributed by atoms with Crippen LogP contribution in [0.4, 0.5) is 4.79 Å². The molecule has 232 valence electrons. The van der Waals surface area contributed by atoms with Crippen molar-refractivity contribution in [3.8, 4) is 0 Å². The first kappa shape index (κ1) is 32.8. The minimum atomic E-state index is -4.38. The second kappa shape index (κ2) is 13.1. The maximum absolute atomic E-state index is 13.4. The zero-order valence-electron chi connectivity index (χ0n) is 24.9. The molecule has 0 aromatic rings. The van der Waals surface area contributed by atoms with Crippen LogP contribution in [0, 0.1) is 5.92 Å². The van der Waals surface area contributed by atoms with Crippen LogP contribution in [-0.4, -0.2) is 73.0 Å². The van der Waals surface area contributed by atoms with E-state index in [1.165, 1.54) is 4.90 Å². The lowest BCUT2D eigenvalue weighted by atomic mass is 10.1. The van der Waals surface area contributed by atoms with Crippen molar-refractivity contribution < 1.29 is 36.5 Å². The maximum Gasteiger partial charge on any atom is 0.408 e. The molecule has 3 aliphatic rings. The summed E-state index contributed by atoms with van der Waals surface area (Å²) in [6.45, 7) is 8.87. The number of carbonyl (C=O) groups excluding carboxylic acids is 4. The summed E-state index contributed by atoms with van der Waals surface area (Å²) in [4.78, 5) is 53.0. The molecule has 3 N–H and O–H groups in total. The van der Waals surface area contributed by atoms with Crippen molar-refractivity contribution in [1.82, 2.24) is 20.3 Å². The van der Waals surface area contributed by atoms with Gasteiger partial charge in [-0.25, -0.2) is 13.7 Å². The van der Waals surface area contributed by atoms with Gasteiger partial charge in [0.15, 0.2) is 0 Å². The van der Waals surface area contributed by atoms with Crippen LogP contribution < -0.4 is 15.4 Å². The third-order valence-electron chi connectivity index (χ3n) is 7.50. The van der Waals surface area contributed by atoms with Crippen LogP contribution in [0.25, 0.3) is 0 Å². The topological polar surface area (TPSA) is 160 Å². The average molecular weight is 599 g/mol. The molecular weight excluding hydrogens is 552 g/mol. The van der Waals surface area contributed by atoms with Crippen molar-refractivity contribution in [2.24, 2.45) is 5.92 Å². The summed E-state index contributed by atoms with van der Waals surface area (Å²) in [5.41, 5.74) is -3.01. The summed E-state index contributed by atoms with van der Waals surface area (Å²) in [5.74, 6) is -2.27. The average Bonchev–Trinajstić information content (AvgIpc) is 3.68. The predicted octanol–water partition coefficient (Wildman–Crippen LogP) is 2.83. The molecule has 0 aromatic heterocycles. The zero-order chi connectivity index (χ0) is 30.5. The Bertz CT molecular complexity index is 1130. The molecule has 0 bridgehead atoms. The first-order valence-electron chi connectivity index (χ1n) is 14.6. The van der Waals surface area contributed by atoms with Crippen LogP contribution in [0.1, 0.15) is 98.8 Å². The number of ether oxygens (including phenoxy) is 1. The van der Waals surface area contributed by atoms with Gasteiger partial charge in [0.2, 0.25) is 11.8 Å². The Labute approximate surface area is 243 Å². The molecule has 1 heterocycles. The van der Waals surface area contributed by atoms with Crippen LogP contribution in [0.2, 0.25) is 0 Å². The van der Waals surface area contributed by atoms with Crippen molar-refractivity contribution >= 4 is 34.1 Å². The Kier molecular flexibility index (Phi) is 10.5. The summed E-state index contributed by atoms with van der Waals surface area (Å²) < 4.78 is 37.4. The minimum Gasteiger partial charge on any atom is -0.444 e. The van der Waals surface area contributed by atoms with Gasteiger partial charge in [-0.15, -0.1) is 0 Å². The van der Waals surface area contributed by atoms with E-state index in [4.69, 9.17) is 8.92 Å². The highest BCUT2D eigenvalue weighted by molar-refractivity contribution is 7.85. The largest absolute Gasteiger partial charge is 0.444 e. The molecule has 13 heteroatoms. The van der Waals surface area contributed by atoms with E-state index in [1.807, 2.05) is 16.9 Å². The number of allylic oxidation sites excluding steroid dienone is 1. The quantitative estimate of drug-likeness (QED) is 0.203.